The molecule has 0 unspecified atom stereocenters. The van der Waals surface area contributed by atoms with Crippen molar-refractivity contribution in [3.05, 3.63) is 53.9 Å². The Labute approximate surface area is 94.8 Å². The molecule has 0 saturated carbocycles. The molecule has 0 amide bonds. The van der Waals surface area contributed by atoms with Crippen LogP contribution in [0.3, 0.4) is 0 Å². The zero-order valence-electron chi connectivity index (χ0n) is 9.22. The number of hydrogen-bond donors (Lipinski definition) is 1. The van der Waals surface area contributed by atoms with Crippen LogP contribution in [0.4, 0.5) is 0 Å². The van der Waals surface area contributed by atoms with Gasteiger partial charge in [-0.25, -0.2) is 9.97 Å². The van der Waals surface area contributed by atoms with Gasteiger partial charge in [-0.3, -0.25) is 4.98 Å². The van der Waals surface area contributed by atoms with Crippen LogP contribution in [0.15, 0.2) is 36.8 Å². The minimum atomic E-state index is 0.748. The summed E-state index contributed by atoms with van der Waals surface area (Å²) < 4.78 is 0. The number of hydrogen-bond acceptors (Lipinski definition) is 4. The third-order valence-electron chi connectivity index (χ3n) is 2.19. The maximum absolute atomic E-state index is 4.32. The first-order chi connectivity index (χ1) is 7.84. The molecule has 16 heavy (non-hydrogen) atoms. The van der Waals surface area contributed by atoms with Gasteiger partial charge in [0.1, 0.15) is 5.82 Å². The van der Waals surface area contributed by atoms with Crippen LogP contribution in [0.25, 0.3) is 0 Å². The summed E-state index contributed by atoms with van der Waals surface area (Å²) in [5.41, 5.74) is 2.18. The fraction of sp³-hybridized carbons (Fsp3) is 0.250. The molecule has 0 aromatic carbocycles. The number of aryl methyl sites for hydroxylation is 1. The summed E-state index contributed by atoms with van der Waals surface area (Å²) in [5, 5.41) is 3.31. The van der Waals surface area contributed by atoms with Crippen LogP contribution in [0, 0.1) is 6.92 Å². The Bertz CT molecular complexity index is 442. The topological polar surface area (TPSA) is 50.7 Å². The van der Waals surface area contributed by atoms with Gasteiger partial charge in [-0.05, 0) is 24.6 Å². The molecule has 4 nitrogen and oxygen atoms in total. The van der Waals surface area contributed by atoms with Crippen molar-refractivity contribution in [2.24, 2.45) is 0 Å². The number of nitrogens with one attached hydrogen (secondary N) is 1. The van der Waals surface area contributed by atoms with Gasteiger partial charge in [0, 0.05) is 31.7 Å². The van der Waals surface area contributed by atoms with Gasteiger partial charge in [-0.2, -0.15) is 0 Å². The first kappa shape index (κ1) is 10.7. The maximum Gasteiger partial charge on any atom is 0.125 e. The molecule has 0 spiro atoms. The summed E-state index contributed by atoms with van der Waals surface area (Å²) in [7, 11) is 0. The average Bonchev–Trinajstić information content (AvgIpc) is 2.30. The Morgan fingerprint density at radius 2 is 2.12 bits per heavy atom. The monoisotopic (exact) mass is 214 g/mol. The lowest BCUT2D eigenvalue weighted by Gasteiger charge is -2.04. The highest BCUT2D eigenvalue weighted by Gasteiger charge is 1.96. The van der Waals surface area contributed by atoms with E-state index in [1.807, 2.05) is 31.3 Å². The van der Waals surface area contributed by atoms with E-state index in [0.29, 0.717) is 0 Å². The van der Waals surface area contributed by atoms with Gasteiger partial charge >= 0.3 is 0 Å². The fourth-order valence-corrected chi connectivity index (χ4v) is 1.44. The van der Waals surface area contributed by atoms with Crippen molar-refractivity contribution in [1.29, 1.82) is 0 Å². The molecule has 2 heterocycles. The molecular weight excluding hydrogens is 200 g/mol. The van der Waals surface area contributed by atoms with E-state index in [0.717, 1.165) is 24.6 Å². The Kier molecular flexibility index (Phi) is 3.56. The third-order valence-corrected chi connectivity index (χ3v) is 2.19. The van der Waals surface area contributed by atoms with Crippen molar-refractivity contribution >= 4 is 0 Å². The molecule has 2 rings (SSSR count). The second kappa shape index (κ2) is 5.32. The van der Waals surface area contributed by atoms with E-state index in [9.17, 15) is 0 Å². The molecule has 82 valence electrons. The van der Waals surface area contributed by atoms with Gasteiger partial charge in [-0.15, -0.1) is 0 Å². The Hall–Kier alpha value is -1.81. The van der Waals surface area contributed by atoms with E-state index in [2.05, 4.69) is 20.3 Å². The molecule has 2 aromatic rings. The van der Waals surface area contributed by atoms with Crippen molar-refractivity contribution in [3.63, 3.8) is 0 Å². The zero-order chi connectivity index (χ0) is 11.2. The molecule has 0 aliphatic carbocycles. The molecule has 0 aliphatic rings. The molecule has 0 fully saturated rings. The second-order valence-corrected chi connectivity index (χ2v) is 3.56. The summed E-state index contributed by atoms with van der Waals surface area (Å²) in [6.45, 7) is 3.44. The lowest BCUT2D eigenvalue weighted by molar-refractivity contribution is 0.673. The molecule has 4 heteroatoms. The fourth-order valence-electron chi connectivity index (χ4n) is 1.44. The molecule has 0 aliphatic heterocycles. The van der Waals surface area contributed by atoms with Crippen LogP contribution < -0.4 is 5.32 Å². The summed E-state index contributed by atoms with van der Waals surface area (Å²) in [5.74, 6) is 0.806. The summed E-state index contributed by atoms with van der Waals surface area (Å²) >= 11 is 0. The van der Waals surface area contributed by atoms with Gasteiger partial charge in [0.2, 0.25) is 0 Å². The smallest absolute Gasteiger partial charge is 0.125 e. The van der Waals surface area contributed by atoms with Crippen LogP contribution in [0.5, 0.6) is 0 Å². The van der Waals surface area contributed by atoms with Crippen LogP contribution in [0.2, 0.25) is 0 Å². The van der Waals surface area contributed by atoms with Crippen molar-refractivity contribution in [1.82, 2.24) is 20.3 Å². The lowest BCUT2D eigenvalue weighted by atomic mass is 10.3. The summed E-state index contributed by atoms with van der Waals surface area (Å²) in [4.78, 5) is 12.4. The van der Waals surface area contributed by atoms with E-state index in [1.165, 1.54) is 5.56 Å². The van der Waals surface area contributed by atoms with Gasteiger partial charge in [0.15, 0.2) is 0 Å². The van der Waals surface area contributed by atoms with Gasteiger partial charge in [0.05, 0.1) is 5.69 Å². The molecule has 1 N–H and O–H groups in total. The van der Waals surface area contributed by atoms with Crippen LogP contribution in [-0.4, -0.2) is 15.0 Å². The average molecular weight is 214 g/mol. The summed E-state index contributed by atoms with van der Waals surface area (Å²) in [6, 6.07) is 5.90. The first-order valence-corrected chi connectivity index (χ1v) is 5.23. The normalized spacial score (nSPS) is 10.3. The minimum Gasteiger partial charge on any atom is -0.307 e. The molecule has 0 bridgehead atoms. The largest absolute Gasteiger partial charge is 0.307 e. The van der Waals surface area contributed by atoms with Crippen LogP contribution >= 0.6 is 0 Å². The highest BCUT2D eigenvalue weighted by molar-refractivity contribution is 5.08. The Morgan fingerprint density at radius 1 is 1.19 bits per heavy atom. The molecular formula is C12H14N4. The Balaban J connectivity index is 1.85. The van der Waals surface area contributed by atoms with E-state index < -0.39 is 0 Å². The maximum atomic E-state index is 4.32. The molecule has 0 atom stereocenters. The number of nitrogens with zero attached hydrogens (tertiary/aromatic N) is 3. The zero-order valence-corrected chi connectivity index (χ0v) is 9.22. The number of aromatic nitrogens is 3. The standard InChI is InChI=1S/C12H14N4/c1-10-15-6-4-12(16-10)9-14-8-11-3-2-5-13-7-11/h2-7,14H,8-9H2,1H3. The predicted molar refractivity (Wildman–Crippen MR) is 61.5 cm³/mol. The highest BCUT2D eigenvalue weighted by Crippen LogP contribution is 1.97. The quantitative estimate of drug-likeness (QED) is 0.837. The SMILES string of the molecule is Cc1nccc(CNCc2cccnc2)n1. The second-order valence-electron chi connectivity index (χ2n) is 3.56. The van der Waals surface area contributed by atoms with Crippen molar-refractivity contribution in [2.45, 2.75) is 20.0 Å². The highest BCUT2D eigenvalue weighted by atomic mass is 14.9. The number of pyridine rings is 1. The minimum absolute atomic E-state index is 0.748. The number of rotatable bonds is 4. The van der Waals surface area contributed by atoms with E-state index in [4.69, 9.17) is 0 Å². The predicted octanol–water partition coefficient (Wildman–Crippen LogP) is 1.47. The lowest BCUT2D eigenvalue weighted by Crippen LogP contribution is -2.14. The van der Waals surface area contributed by atoms with Crippen molar-refractivity contribution < 1.29 is 0 Å². The third kappa shape index (κ3) is 3.10. The van der Waals surface area contributed by atoms with Crippen molar-refractivity contribution in [3.8, 4) is 0 Å². The van der Waals surface area contributed by atoms with Crippen molar-refractivity contribution in [2.75, 3.05) is 0 Å². The van der Waals surface area contributed by atoms with E-state index >= 15 is 0 Å². The van der Waals surface area contributed by atoms with Gasteiger partial charge < -0.3 is 5.32 Å². The van der Waals surface area contributed by atoms with Crippen LogP contribution in [-0.2, 0) is 13.1 Å². The van der Waals surface area contributed by atoms with E-state index in [1.54, 1.807) is 12.4 Å². The van der Waals surface area contributed by atoms with Gasteiger partial charge in [-0.1, -0.05) is 6.07 Å². The molecule has 2 aromatic heterocycles. The molecule has 0 saturated heterocycles. The molecule has 0 radical (unpaired) electrons. The Morgan fingerprint density at radius 3 is 2.88 bits per heavy atom. The van der Waals surface area contributed by atoms with Crippen LogP contribution in [0.1, 0.15) is 17.1 Å². The summed E-state index contributed by atoms with van der Waals surface area (Å²) in [6.07, 6.45) is 5.42. The first-order valence-electron chi connectivity index (χ1n) is 5.23. The van der Waals surface area contributed by atoms with E-state index in [-0.39, 0.29) is 0 Å². The van der Waals surface area contributed by atoms with Gasteiger partial charge in [0.25, 0.3) is 0 Å².